The van der Waals surface area contributed by atoms with Gasteiger partial charge in [-0.05, 0) is 57.1 Å². The van der Waals surface area contributed by atoms with Crippen molar-refractivity contribution in [2.75, 3.05) is 5.73 Å². The Bertz CT molecular complexity index is 1550. The number of carbonyl (C=O) groups is 1. The van der Waals surface area contributed by atoms with Crippen LogP contribution < -0.4 is 17.4 Å². The molecule has 2 aliphatic carbocycles. The predicted octanol–water partition coefficient (Wildman–Crippen LogP) is 4.61. The summed E-state index contributed by atoms with van der Waals surface area (Å²) in [4.78, 5) is 22.7. The highest BCUT2D eigenvalue weighted by atomic mass is 16.6. The normalized spacial score (nSPS) is 16.5. The van der Waals surface area contributed by atoms with Crippen molar-refractivity contribution in [2.45, 2.75) is 64.5 Å². The van der Waals surface area contributed by atoms with Gasteiger partial charge >= 0.3 is 0 Å². The Morgan fingerprint density at radius 3 is 2.64 bits per heavy atom. The van der Waals surface area contributed by atoms with Crippen LogP contribution in [-0.4, -0.2) is 25.2 Å². The predicted molar refractivity (Wildman–Crippen MR) is 140 cm³/mol. The lowest BCUT2D eigenvalue weighted by molar-refractivity contribution is -0.00692. The fraction of sp³-hybridized carbons (Fsp3) is 0.370. The van der Waals surface area contributed by atoms with Gasteiger partial charge in [0.2, 0.25) is 0 Å². The van der Waals surface area contributed by atoms with E-state index in [1.165, 1.54) is 12.0 Å². The van der Waals surface area contributed by atoms with Crippen molar-refractivity contribution < 1.29 is 9.63 Å². The molecule has 6 N–H and O–H groups in total. The van der Waals surface area contributed by atoms with E-state index in [4.69, 9.17) is 27.2 Å². The van der Waals surface area contributed by atoms with Crippen molar-refractivity contribution in [1.29, 1.82) is 0 Å². The van der Waals surface area contributed by atoms with Gasteiger partial charge in [0, 0.05) is 28.5 Å². The third kappa shape index (κ3) is 3.34. The number of nitrogens with two attached hydrogens (primary N) is 3. The Kier molecular flexibility index (Phi) is 5.35. The highest BCUT2D eigenvalue weighted by Crippen LogP contribution is 2.46. The van der Waals surface area contributed by atoms with Crippen LogP contribution in [0.3, 0.4) is 0 Å². The second-order valence-corrected chi connectivity index (χ2v) is 9.96. The molecule has 0 radical (unpaired) electrons. The molecule has 1 atom stereocenters. The van der Waals surface area contributed by atoms with Gasteiger partial charge in [0.25, 0.3) is 5.91 Å². The summed E-state index contributed by atoms with van der Waals surface area (Å²) in [6.07, 6.45) is 11.7. The Hall–Kier alpha value is -3.69. The first-order valence-corrected chi connectivity index (χ1v) is 12.6. The van der Waals surface area contributed by atoms with Crippen molar-refractivity contribution in [3.05, 3.63) is 52.5 Å². The molecule has 186 valence electrons. The van der Waals surface area contributed by atoms with Crippen LogP contribution in [0.5, 0.6) is 0 Å². The van der Waals surface area contributed by atoms with E-state index in [0.29, 0.717) is 29.1 Å². The van der Waals surface area contributed by atoms with Crippen molar-refractivity contribution in [3.8, 4) is 5.69 Å². The molecule has 0 saturated heterocycles. The van der Waals surface area contributed by atoms with Gasteiger partial charge in [-0.3, -0.25) is 19.2 Å². The van der Waals surface area contributed by atoms with Gasteiger partial charge in [0.15, 0.2) is 6.23 Å². The second kappa shape index (κ2) is 8.46. The highest BCUT2D eigenvalue weighted by molar-refractivity contribution is 6.14. The number of allylic oxidation sites excluding steroid dienone is 1. The number of benzene rings is 1. The third-order valence-corrected chi connectivity index (χ3v) is 7.62. The number of rotatable bonds is 7. The van der Waals surface area contributed by atoms with Gasteiger partial charge in [-0.25, -0.2) is 10.6 Å². The number of amides is 1. The van der Waals surface area contributed by atoms with Crippen LogP contribution in [0.2, 0.25) is 0 Å². The number of aromatic nitrogens is 4. The van der Waals surface area contributed by atoms with Gasteiger partial charge in [-0.1, -0.05) is 24.6 Å². The molecule has 2 saturated carbocycles. The first-order chi connectivity index (χ1) is 17.4. The maximum Gasteiger partial charge on any atom is 0.253 e. The van der Waals surface area contributed by atoms with E-state index in [1.54, 1.807) is 10.9 Å². The van der Waals surface area contributed by atoms with Crippen LogP contribution in [0.1, 0.15) is 84.8 Å². The molecule has 2 fully saturated rings. The number of fused-ring (bicyclic) bond motifs is 2. The number of nitrogens with zero attached hydrogens (tertiary/aromatic N) is 4. The zero-order valence-corrected chi connectivity index (χ0v) is 20.6. The molecule has 1 amide bonds. The second-order valence-electron chi connectivity index (χ2n) is 9.96. The number of pyridine rings is 1. The van der Waals surface area contributed by atoms with Crippen LogP contribution >= 0.6 is 0 Å². The molecule has 1 aromatic carbocycles. The van der Waals surface area contributed by atoms with Crippen LogP contribution in [0, 0.1) is 6.92 Å². The van der Waals surface area contributed by atoms with E-state index in [0.717, 1.165) is 64.6 Å². The van der Waals surface area contributed by atoms with Crippen molar-refractivity contribution in [3.63, 3.8) is 0 Å². The molecule has 1 unspecified atom stereocenters. The average Bonchev–Trinajstić information content (AvgIpc) is 3.52. The first kappa shape index (κ1) is 22.8. The zero-order chi connectivity index (χ0) is 25.1. The molecule has 0 bridgehead atoms. The largest absolute Gasteiger partial charge is 0.384 e. The van der Waals surface area contributed by atoms with E-state index in [1.807, 2.05) is 36.7 Å². The standard InChI is InChI=1S/C27H31N7O2/c1-3-21(36-30)34-20-10-7-14(2)24(18(20)13-32-34)33-25-17(11-15-5-4-6-15)23(16-8-9-16)31-12-19(25)22(26(33)28)27(29)35/h7,10-13,16,21H,3-6,8-9,28,30H2,1-2H3,(H2,29,35). The minimum Gasteiger partial charge on any atom is -0.384 e. The lowest BCUT2D eigenvalue weighted by Crippen LogP contribution is -2.17. The smallest absolute Gasteiger partial charge is 0.253 e. The van der Waals surface area contributed by atoms with Gasteiger partial charge in [0.05, 0.1) is 34.2 Å². The molecule has 0 aliphatic heterocycles. The molecule has 4 aromatic rings. The first-order valence-electron chi connectivity index (χ1n) is 12.6. The van der Waals surface area contributed by atoms with Crippen LogP contribution in [0.4, 0.5) is 5.82 Å². The number of hydrogen-bond donors (Lipinski definition) is 3. The van der Waals surface area contributed by atoms with E-state index in [2.05, 4.69) is 11.2 Å². The van der Waals surface area contributed by atoms with E-state index >= 15 is 0 Å². The lowest BCUT2D eigenvalue weighted by atomic mass is 9.89. The number of hydrogen-bond acceptors (Lipinski definition) is 6. The highest BCUT2D eigenvalue weighted by Gasteiger charge is 2.32. The molecule has 0 spiro atoms. The Morgan fingerprint density at radius 1 is 1.25 bits per heavy atom. The lowest BCUT2D eigenvalue weighted by Gasteiger charge is -2.19. The number of primary amides is 1. The third-order valence-electron chi connectivity index (χ3n) is 7.62. The minimum atomic E-state index is -0.567. The molecule has 3 heterocycles. The van der Waals surface area contributed by atoms with Crippen LogP contribution in [0.15, 0.2) is 30.1 Å². The number of nitrogen functional groups attached to an aromatic ring is 1. The molecular weight excluding hydrogens is 454 g/mol. The average molecular weight is 486 g/mol. The summed E-state index contributed by atoms with van der Waals surface area (Å²) in [7, 11) is 0. The summed E-state index contributed by atoms with van der Waals surface area (Å²) in [5.41, 5.74) is 20.0. The van der Waals surface area contributed by atoms with Gasteiger partial charge in [0.1, 0.15) is 5.82 Å². The molecule has 3 aromatic heterocycles. The summed E-state index contributed by atoms with van der Waals surface area (Å²) < 4.78 is 3.77. The van der Waals surface area contributed by atoms with Crippen molar-refractivity contribution >= 4 is 39.6 Å². The summed E-state index contributed by atoms with van der Waals surface area (Å²) in [6.45, 7) is 4.02. The summed E-state index contributed by atoms with van der Waals surface area (Å²) >= 11 is 0. The zero-order valence-electron chi connectivity index (χ0n) is 20.6. The maximum atomic E-state index is 12.7. The van der Waals surface area contributed by atoms with Crippen LogP contribution in [0.25, 0.3) is 33.6 Å². The summed E-state index contributed by atoms with van der Waals surface area (Å²) in [5, 5.41) is 6.17. The molecule has 9 nitrogen and oxygen atoms in total. The van der Waals surface area contributed by atoms with Crippen molar-refractivity contribution in [2.24, 2.45) is 11.6 Å². The van der Waals surface area contributed by atoms with Crippen molar-refractivity contribution in [1.82, 2.24) is 19.3 Å². The number of anilines is 1. The number of aryl methyl sites for hydroxylation is 1. The summed E-state index contributed by atoms with van der Waals surface area (Å²) in [5.74, 6) is 5.73. The molecule has 2 aliphatic rings. The van der Waals surface area contributed by atoms with Gasteiger partial charge in [-0.2, -0.15) is 5.10 Å². The Labute approximate surface area is 208 Å². The molecule has 36 heavy (non-hydrogen) atoms. The van der Waals surface area contributed by atoms with E-state index < -0.39 is 12.1 Å². The minimum absolute atomic E-state index is 0.300. The van der Waals surface area contributed by atoms with Gasteiger partial charge < -0.3 is 11.5 Å². The Morgan fingerprint density at radius 2 is 2.03 bits per heavy atom. The topological polar surface area (TPSA) is 140 Å². The molecule has 9 heteroatoms. The maximum absolute atomic E-state index is 12.7. The van der Waals surface area contributed by atoms with Crippen LogP contribution in [-0.2, 0) is 4.84 Å². The fourth-order valence-corrected chi connectivity index (χ4v) is 5.44. The molecular formula is C27H31N7O2. The summed E-state index contributed by atoms with van der Waals surface area (Å²) in [6, 6.07) is 4.04. The Balaban J connectivity index is 1.73. The number of carbonyl (C=O) groups excluding carboxylic acids is 1. The quantitative estimate of drug-likeness (QED) is 0.327. The SMILES string of the molecule is CCC(ON)n1ncc2c(-n3c(N)c(C(N)=O)c4cnc(C5CC5)c(C=C5CCC5)c43)c(C)ccc21. The molecule has 6 rings (SSSR count). The van der Waals surface area contributed by atoms with E-state index in [9.17, 15) is 4.79 Å². The fourth-order valence-electron chi connectivity index (χ4n) is 5.44. The van der Waals surface area contributed by atoms with Gasteiger partial charge in [-0.15, -0.1) is 0 Å². The van der Waals surface area contributed by atoms with E-state index in [-0.39, 0.29) is 0 Å². The monoisotopic (exact) mass is 485 g/mol.